The van der Waals surface area contributed by atoms with Gasteiger partial charge in [0.1, 0.15) is 5.84 Å². The van der Waals surface area contributed by atoms with Crippen molar-refractivity contribution in [1.82, 2.24) is 30.0 Å². The number of hydrogen-bond donors (Lipinski definition) is 0. The molecule has 1 saturated heterocycles. The molecule has 200 valence electrons. The maximum absolute atomic E-state index is 13.3. The molecule has 0 unspecified atom stereocenters. The Hall–Kier alpha value is -3.41. The molecule has 0 N–H and O–H groups in total. The average Bonchev–Trinajstić information content (AvgIpc) is 3.25. The van der Waals surface area contributed by atoms with Gasteiger partial charge in [0.25, 0.3) is 0 Å². The Kier molecular flexibility index (Phi) is 9.67. The summed E-state index contributed by atoms with van der Waals surface area (Å²) in [6.07, 6.45) is -0.588. The largest absolute Gasteiger partial charge is 0.416 e. The van der Waals surface area contributed by atoms with Crippen molar-refractivity contribution in [2.75, 3.05) is 39.3 Å². The van der Waals surface area contributed by atoms with Gasteiger partial charge in [-0.25, -0.2) is 4.99 Å². The Morgan fingerprint density at radius 2 is 1.89 bits per heavy atom. The predicted octanol–water partition coefficient (Wildman–Crippen LogP) is 3.50. The van der Waals surface area contributed by atoms with Crippen LogP contribution >= 0.6 is 0 Å². The summed E-state index contributed by atoms with van der Waals surface area (Å²) in [6.45, 7) is 11.4. The minimum atomic E-state index is -4.49. The van der Waals surface area contributed by atoms with Gasteiger partial charge in [-0.1, -0.05) is 13.0 Å². The molecule has 0 atom stereocenters. The average molecular weight is 519 g/mol. The normalized spacial score (nSPS) is 15.4. The number of benzene rings is 1. The highest BCUT2D eigenvalue weighted by Gasteiger charge is 2.31. The van der Waals surface area contributed by atoms with E-state index in [0.717, 1.165) is 36.6 Å². The van der Waals surface area contributed by atoms with Crippen LogP contribution in [0.4, 0.5) is 13.2 Å². The molecule has 0 spiro atoms. The van der Waals surface area contributed by atoms with Gasteiger partial charge in [0.15, 0.2) is 5.82 Å². The van der Waals surface area contributed by atoms with Crippen molar-refractivity contribution < 1.29 is 18.0 Å². The fraction of sp³-hybridized carbons (Fsp3) is 0.520. The van der Waals surface area contributed by atoms with Gasteiger partial charge in [-0.05, 0) is 61.7 Å². The first-order chi connectivity index (χ1) is 17.5. The van der Waals surface area contributed by atoms with Crippen molar-refractivity contribution in [3.63, 3.8) is 0 Å². The van der Waals surface area contributed by atoms with Crippen LogP contribution in [-0.2, 0) is 17.5 Å². The Labute approximate surface area is 214 Å². The minimum Gasteiger partial charge on any atom is -0.337 e. The SMILES string of the molecule is CCCN=C(CN1CCN(C(=O)/C=C/c2ccc(C(F)(F)F)cc2Cn2nnc(C)n2)CC1)N=C(C)C. The van der Waals surface area contributed by atoms with E-state index in [0.29, 0.717) is 49.7 Å². The van der Waals surface area contributed by atoms with Crippen LogP contribution in [0.3, 0.4) is 0 Å². The monoisotopic (exact) mass is 518 g/mol. The highest BCUT2D eigenvalue weighted by molar-refractivity contribution is 5.97. The molecule has 1 amide bonds. The van der Waals surface area contributed by atoms with E-state index in [1.807, 2.05) is 13.8 Å². The Morgan fingerprint density at radius 3 is 2.49 bits per heavy atom. The number of aryl methyl sites for hydroxylation is 1. The van der Waals surface area contributed by atoms with Gasteiger partial charge in [0, 0.05) is 44.5 Å². The highest BCUT2D eigenvalue weighted by Crippen LogP contribution is 2.31. The molecule has 1 aromatic heterocycles. The van der Waals surface area contributed by atoms with E-state index in [1.165, 1.54) is 16.9 Å². The predicted molar refractivity (Wildman–Crippen MR) is 137 cm³/mol. The lowest BCUT2D eigenvalue weighted by atomic mass is 10.0. The molecule has 9 nitrogen and oxygen atoms in total. The van der Waals surface area contributed by atoms with Gasteiger partial charge in [-0.15, -0.1) is 10.2 Å². The van der Waals surface area contributed by atoms with Crippen molar-refractivity contribution in [3.05, 3.63) is 46.8 Å². The van der Waals surface area contributed by atoms with E-state index in [-0.39, 0.29) is 12.5 Å². The van der Waals surface area contributed by atoms with Gasteiger partial charge in [0.05, 0.1) is 18.7 Å². The zero-order valence-electron chi connectivity index (χ0n) is 21.7. The summed E-state index contributed by atoms with van der Waals surface area (Å²) in [5, 5.41) is 11.7. The summed E-state index contributed by atoms with van der Waals surface area (Å²) in [5.41, 5.74) is 1.00. The molecule has 1 aliphatic rings. The molecule has 12 heteroatoms. The summed E-state index contributed by atoms with van der Waals surface area (Å²) in [5.74, 6) is 1.02. The molecule has 37 heavy (non-hydrogen) atoms. The third-order valence-electron chi connectivity index (χ3n) is 5.66. The maximum Gasteiger partial charge on any atom is 0.416 e. The van der Waals surface area contributed by atoms with Crippen molar-refractivity contribution in [2.24, 2.45) is 9.98 Å². The lowest BCUT2D eigenvalue weighted by Crippen LogP contribution is -2.49. The molecule has 3 rings (SSSR count). The smallest absolute Gasteiger partial charge is 0.337 e. The molecule has 2 heterocycles. The van der Waals surface area contributed by atoms with Gasteiger partial charge < -0.3 is 4.90 Å². The van der Waals surface area contributed by atoms with E-state index in [1.54, 1.807) is 17.9 Å². The fourth-order valence-corrected chi connectivity index (χ4v) is 3.84. The van der Waals surface area contributed by atoms with E-state index in [2.05, 4.69) is 37.2 Å². The maximum atomic E-state index is 13.3. The van der Waals surface area contributed by atoms with Crippen LogP contribution in [0.5, 0.6) is 0 Å². The molecular formula is C25H33F3N8O. The second-order valence-electron chi connectivity index (χ2n) is 9.07. The van der Waals surface area contributed by atoms with Gasteiger partial charge >= 0.3 is 6.18 Å². The van der Waals surface area contributed by atoms with Gasteiger partial charge in [0.2, 0.25) is 5.91 Å². The number of halogens is 3. The third-order valence-corrected chi connectivity index (χ3v) is 5.66. The summed E-state index contributed by atoms with van der Waals surface area (Å²) in [7, 11) is 0. The van der Waals surface area contributed by atoms with Crippen LogP contribution in [0, 0.1) is 6.92 Å². The zero-order chi connectivity index (χ0) is 27.0. The Balaban J connectivity index is 1.66. The third kappa shape index (κ3) is 8.59. The minimum absolute atomic E-state index is 0.00106. The topological polar surface area (TPSA) is 91.9 Å². The van der Waals surface area contributed by atoms with E-state index in [9.17, 15) is 18.0 Å². The molecule has 1 aromatic carbocycles. The first kappa shape index (κ1) is 28.2. The summed E-state index contributed by atoms with van der Waals surface area (Å²) in [4.78, 5) is 27.1. The fourth-order valence-electron chi connectivity index (χ4n) is 3.84. The summed E-state index contributed by atoms with van der Waals surface area (Å²) in [6, 6.07) is 3.42. The number of alkyl halides is 3. The van der Waals surface area contributed by atoms with Crippen LogP contribution in [0.1, 0.15) is 49.7 Å². The highest BCUT2D eigenvalue weighted by atomic mass is 19.4. The molecule has 1 fully saturated rings. The lowest BCUT2D eigenvalue weighted by molar-refractivity contribution is -0.137. The Morgan fingerprint density at radius 1 is 1.16 bits per heavy atom. The number of amides is 1. The van der Waals surface area contributed by atoms with Crippen LogP contribution in [0.15, 0.2) is 34.3 Å². The molecule has 2 aromatic rings. The molecule has 0 aliphatic carbocycles. The van der Waals surface area contributed by atoms with Gasteiger partial charge in [-0.3, -0.25) is 14.7 Å². The van der Waals surface area contributed by atoms with E-state index in [4.69, 9.17) is 0 Å². The van der Waals surface area contributed by atoms with E-state index >= 15 is 0 Å². The lowest BCUT2D eigenvalue weighted by Gasteiger charge is -2.34. The Bertz CT molecular complexity index is 1160. The summed E-state index contributed by atoms with van der Waals surface area (Å²) >= 11 is 0. The number of carbonyl (C=O) groups is 1. The first-order valence-electron chi connectivity index (χ1n) is 12.2. The van der Waals surface area contributed by atoms with Crippen molar-refractivity contribution in [3.8, 4) is 0 Å². The van der Waals surface area contributed by atoms with Crippen molar-refractivity contribution in [2.45, 2.75) is 46.8 Å². The second-order valence-corrected chi connectivity index (χ2v) is 9.07. The van der Waals surface area contributed by atoms with Crippen molar-refractivity contribution >= 4 is 23.5 Å². The molecule has 0 radical (unpaired) electrons. The van der Waals surface area contributed by atoms with Gasteiger partial charge in [-0.2, -0.15) is 18.0 Å². The number of amidine groups is 1. The zero-order valence-corrected chi connectivity index (χ0v) is 21.7. The number of carbonyl (C=O) groups excluding carboxylic acids is 1. The number of piperazine rings is 1. The number of aliphatic imine (C=N–C) groups is 2. The quantitative estimate of drug-likeness (QED) is 0.303. The standard InChI is InChI=1S/C25H33F3N8O/c1-5-10-29-23(30-18(2)3)17-34-11-13-35(14-12-34)24(37)9-7-20-6-8-22(25(26,27)28)15-21(20)16-36-32-19(4)31-33-36/h6-9,15H,5,10-14,16-17H2,1-4H3/b9-7+,29-23?. The van der Waals surface area contributed by atoms with Crippen LogP contribution in [0.2, 0.25) is 0 Å². The van der Waals surface area contributed by atoms with Crippen LogP contribution in [0.25, 0.3) is 6.08 Å². The number of aromatic nitrogens is 4. The molecule has 0 saturated carbocycles. The number of rotatable bonds is 8. The second kappa shape index (κ2) is 12.7. The molecular weight excluding hydrogens is 485 g/mol. The summed E-state index contributed by atoms with van der Waals surface area (Å²) < 4.78 is 39.9. The molecule has 0 bridgehead atoms. The van der Waals surface area contributed by atoms with E-state index < -0.39 is 11.7 Å². The first-order valence-corrected chi connectivity index (χ1v) is 12.2. The number of tetrazole rings is 1. The molecule has 1 aliphatic heterocycles. The van der Waals surface area contributed by atoms with Crippen LogP contribution in [-0.4, -0.2) is 86.7 Å². The number of nitrogens with zero attached hydrogens (tertiary/aromatic N) is 8. The number of hydrogen-bond acceptors (Lipinski definition) is 6. The van der Waals surface area contributed by atoms with Crippen molar-refractivity contribution in [1.29, 1.82) is 0 Å². The van der Waals surface area contributed by atoms with Crippen LogP contribution < -0.4 is 0 Å².